The fourth-order valence-corrected chi connectivity index (χ4v) is 4.72. The Morgan fingerprint density at radius 1 is 0.805 bits per heavy atom. The number of anilines is 3. The number of para-hydroxylation sites is 2. The molecule has 0 aromatic heterocycles. The molecule has 9 heteroatoms. The molecule has 4 aromatic carbocycles. The van der Waals surface area contributed by atoms with Crippen molar-refractivity contribution in [3.8, 4) is 5.75 Å². The van der Waals surface area contributed by atoms with E-state index in [0.717, 1.165) is 15.4 Å². The molecule has 204 valence electrons. The minimum Gasteiger partial charge on any atom is -0.483 e. The van der Waals surface area contributed by atoms with E-state index in [9.17, 15) is 19.2 Å². The summed E-state index contributed by atoms with van der Waals surface area (Å²) in [6, 6.07) is 28.5. The SMILES string of the molecule is Cc1ccc(NC(=O)COc2ccc(C=C3C(=O)N(c4ccccc4)C(=O)N(c4ccccc4)C3=O)cc2Br)cc1. The zero-order valence-corrected chi connectivity index (χ0v) is 23.5. The Hall–Kier alpha value is -5.02. The first-order valence-corrected chi connectivity index (χ1v) is 13.4. The second-order valence-corrected chi connectivity index (χ2v) is 10.0. The summed E-state index contributed by atoms with van der Waals surface area (Å²) in [6.45, 7) is 1.74. The van der Waals surface area contributed by atoms with Crippen LogP contribution in [0.1, 0.15) is 11.1 Å². The van der Waals surface area contributed by atoms with Crippen molar-refractivity contribution in [3.05, 3.63) is 124 Å². The van der Waals surface area contributed by atoms with Gasteiger partial charge in [-0.3, -0.25) is 14.4 Å². The fourth-order valence-electron chi connectivity index (χ4n) is 4.21. The molecule has 1 fully saturated rings. The summed E-state index contributed by atoms with van der Waals surface area (Å²) in [4.78, 5) is 54.8. The highest BCUT2D eigenvalue weighted by Gasteiger charge is 2.43. The average Bonchev–Trinajstić information content (AvgIpc) is 2.97. The number of halogens is 1. The molecule has 0 bridgehead atoms. The lowest BCUT2D eigenvalue weighted by atomic mass is 10.0. The molecule has 0 unspecified atom stereocenters. The average molecular weight is 610 g/mol. The normalized spacial score (nSPS) is 13.3. The van der Waals surface area contributed by atoms with Crippen LogP contribution in [0.25, 0.3) is 6.08 Å². The number of rotatable bonds is 7. The Kier molecular flexibility index (Phi) is 8.07. The van der Waals surface area contributed by atoms with E-state index in [-0.39, 0.29) is 18.1 Å². The Morgan fingerprint density at radius 2 is 1.37 bits per heavy atom. The van der Waals surface area contributed by atoms with Crippen molar-refractivity contribution in [2.24, 2.45) is 0 Å². The summed E-state index contributed by atoms with van der Waals surface area (Å²) < 4.78 is 6.19. The molecule has 5 amide bonds. The first-order valence-electron chi connectivity index (χ1n) is 12.7. The van der Waals surface area contributed by atoms with Gasteiger partial charge in [-0.05, 0) is 83.0 Å². The molecule has 4 aromatic rings. The van der Waals surface area contributed by atoms with Gasteiger partial charge in [-0.1, -0.05) is 60.2 Å². The summed E-state index contributed by atoms with van der Waals surface area (Å²) in [5, 5.41) is 2.77. The predicted octanol–water partition coefficient (Wildman–Crippen LogP) is 6.36. The zero-order valence-electron chi connectivity index (χ0n) is 21.9. The minimum atomic E-state index is -0.761. The molecule has 8 nitrogen and oxygen atoms in total. The van der Waals surface area contributed by atoms with Gasteiger partial charge >= 0.3 is 6.03 Å². The van der Waals surface area contributed by atoms with Gasteiger partial charge in [0.25, 0.3) is 17.7 Å². The van der Waals surface area contributed by atoms with Crippen molar-refractivity contribution >= 4 is 62.8 Å². The third kappa shape index (κ3) is 6.10. The number of amides is 5. The van der Waals surface area contributed by atoms with Gasteiger partial charge in [-0.2, -0.15) is 0 Å². The highest BCUT2D eigenvalue weighted by molar-refractivity contribution is 9.10. The maximum atomic E-state index is 13.5. The smallest absolute Gasteiger partial charge is 0.343 e. The van der Waals surface area contributed by atoms with Crippen LogP contribution in [-0.4, -0.2) is 30.4 Å². The molecule has 1 aliphatic heterocycles. The van der Waals surface area contributed by atoms with Crippen LogP contribution in [0.2, 0.25) is 0 Å². The van der Waals surface area contributed by atoms with Crippen molar-refractivity contribution in [3.63, 3.8) is 0 Å². The van der Waals surface area contributed by atoms with Gasteiger partial charge in [0.1, 0.15) is 11.3 Å². The molecule has 0 aliphatic carbocycles. The number of nitrogens with zero attached hydrogens (tertiary/aromatic N) is 2. The Morgan fingerprint density at radius 3 is 1.90 bits per heavy atom. The number of carbonyl (C=O) groups excluding carboxylic acids is 4. The number of hydrogen-bond donors (Lipinski definition) is 1. The molecule has 1 heterocycles. The van der Waals surface area contributed by atoms with Gasteiger partial charge in [0.05, 0.1) is 15.8 Å². The highest BCUT2D eigenvalue weighted by Crippen LogP contribution is 2.31. The van der Waals surface area contributed by atoms with Crippen molar-refractivity contribution < 1.29 is 23.9 Å². The second kappa shape index (κ2) is 12.0. The lowest BCUT2D eigenvalue weighted by Gasteiger charge is -2.33. The third-order valence-electron chi connectivity index (χ3n) is 6.24. The highest BCUT2D eigenvalue weighted by atomic mass is 79.9. The first kappa shape index (κ1) is 27.5. The number of benzene rings is 4. The van der Waals surface area contributed by atoms with Crippen LogP contribution in [0.15, 0.2) is 113 Å². The lowest BCUT2D eigenvalue weighted by molar-refractivity contribution is -0.121. The van der Waals surface area contributed by atoms with E-state index >= 15 is 0 Å². The van der Waals surface area contributed by atoms with E-state index in [1.54, 1.807) is 78.9 Å². The first-order chi connectivity index (χ1) is 19.8. The third-order valence-corrected chi connectivity index (χ3v) is 6.86. The van der Waals surface area contributed by atoms with E-state index in [2.05, 4.69) is 21.2 Å². The maximum Gasteiger partial charge on any atom is 0.343 e. The van der Waals surface area contributed by atoms with Gasteiger partial charge in [0.2, 0.25) is 0 Å². The quantitative estimate of drug-likeness (QED) is 0.194. The van der Waals surface area contributed by atoms with Crippen molar-refractivity contribution in [1.29, 1.82) is 0 Å². The molecule has 0 spiro atoms. The number of hydrogen-bond acceptors (Lipinski definition) is 5. The van der Waals surface area contributed by atoms with Gasteiger partial charge in [-0.15, -0.1) is 0 Å². The van der Waals surface area contributed by atoms with E-state index < -0.39 is 17.8 Å². The zero-order chi connectivity index (χ0) is 28.9. The Bertz CT molecular complexity index is 1590. The Labute approximate surface area is 245 Å². The summed E-state index contributed by atoms with van der Waals surface area (Å²) in [6.07, 6.45) is 1.43. The summed E-state index contributed by atoms with van der Waals surface area (Å²) in [5.41, 5.74) is 2.77. The van der Waals surface area contributed by atoms with E-state index in [4.69, 9.17) is 4.74 Å². The number of urea groups is 1. The fraction of sp³-hybridized carbons (Fsp3) is 0.0625. The van der Waals surface area contributed by atoms with Crippen molar-refractivity contribution in [1.82, 2.24) is 0 Å². The molecule has 0 saturated carbocycles. The second-order valence-electron chi connectivity index (χ2n) is 9.19. The lowest BCUT2D eigenvalue weighted by Crippen LogP contribution is -2.57. The molecular formula is C32H24BrN3O5. The molecular weight excluding hydrogens is 586 g/mol. The largest absolute Gasteiger partial charge is 0.483 e. The van der Waals surface area contributed by atoms with Crippen LogP contribution in [0.3, 0.4) is 0 Å². The summed E-state index contributed by atoms with van der Waals surface area (Å²) in [7, 11) is 0. The van der Waals surface area contributed by atoms with E-state index in [0.29, 0.717) is 32.8 Å². The summed E-state index contributed by atoms with van der Waals surface area (Å²) >= 11 is 3.44. The molecule has 5 rings (SSSR count). The van der Waals surface area contributed by atoms with Crippen LogP contribution in [0.5, 0.6) is 5.75 Å². The van der Waals surface area contributed by atoms with Crippen molar-refractivity contribution in [2.75, 3.05) is 21.7 Å². The summed E-state index contributed by atoms with van der Waals surface area (Å²) in [5.74, 6) is -1.39. The molecule has 0 radical (unpaired) electrons. The number of carbonyl (C=O) groups is 4. The maximum absolute atomic E-state index is 13.5. The topological polar surface area (TPSA) is 96.0 Å². The van der Waals surface area contributed by atoms with Crippen molar-refractivity contribution in [2.45, 2.75) is 6.92 Å². The molecule has 41 heavy (non-hydrogen) atoms. The number of nitrogens with one attached hydrogen (secondary N) is 1. The van der Waals surface area contributed by atoms with Crippen LogP contribution in [0.4, 0.5) is 21.9 Å². The van der Waals surface area contributed by atoms with Crippen LogP contribution >= 0.6 is 15.9 Å². The van der Waals surface area contributed by atoms with Crippen LogP contribution in [0, 0.1) is 6.92 Å². The monoisotopic (exact) mass is 609 g/mol. The standard InChI is InChI=1S/C32H24BrN3O5/c1-21-12-15-23(16-13-21)34-29(37)20-41-28-17-14-22(19-27(28)33)18-26-30(38)35(24-8-4-2-5-9-24)32(40)36(31(26)39)25-10-6-3-7-11-25/h2-19H,20H2,1H3,(H,34,37). The predicted molar refractivity (Wildman–Crippen MR) is 161 cm³/mol. The molecule has 0 atom stereocenters. The molecule has 1 N–H and O–H groups in total. The number of barbiturate groups is 1. The van der Waals surface area contributed by atoms with Gasteiger partial charge in [0.15, 0.2) is 6.61 Å². The van der Waals surface area contributed by atoms with Gasteiger partial charge < -0.3 is 10.1 Å². The van der Waals surface area contributed by atoms with E-state index in [1.165, 1.54) is 6.08 Å². The molecule has 1 aliphatic rings. The van der Waals surface area contributed by atoms with Gasteiger partial charge in [0, 0.05) is 5.69 Å². The number of ether oxygens (including phenoxy) is 1. The van der Waals surface area contributed by atoms with Gasteiger partial charge in [-0.25, -0.2) is 14.6 Å². The number of aryl methyl sites for hydroxylation is 1. The Balaban J connectivity index is 1.39. The molecule has 1 saturated heterocycles. The minimum absolute atomic E-state index is 0.185. The number of imide groups is 2. The van der Waals surface area contributed by atoms with Crippen LogP contribution in [-0.2, 0) is 14.4 Å². The van der Waals surface area contributed by atoms with E-state index in [1.807, 2.05) is 31.2 Å². The van der Waals surface area contributed by atoms with Crippen LogP contribution < -0.4 is 19.9 Å².